The average Bonchev–Trinajstić information content (AvgIpc) is 2.93. The molecule has 0 radical (unpaired) electrons. The van der Waals surface area contributed by atoms with E-state index in [-0.39, 0.29) is 0 Å². The monoisotopic (exact) mass is 271 g/mol. The van der Waals surface area contributed by atoms with Crippen LogP contribution < -0.4 is 5.73 Å². The van der Waals surface area contributed by atoms with E-state index in [9.17, 15) is 0 Å². The van der Waals surface area contributed by atoms with Crippen molar-refractivity contribution in [2.75, 3.05) is 12.8 Å². The summed E-state index contributed by atoms with van der Waals surface area (Å²) in [5, 5.41) is 12.5. The lowest BCUT2D eigenvalue weighted by Crippen LogP contribution is -2.01. The van der Waals surface area contributed by atoms with Gasteiger partial charge in [-0.05, 0) is 25.5 Å². The molecule has 0 amide bonds. The second kappa shape index (κ2) is 4.64. The lowest BCUT2D eigenvalue weighted by molar-refractivity contribution is 0.182. The number of aryl methyl sites for hydroxylation is 2. The number of rotatable bonds is 3. The maximum atomic E-state index is 5.93. The Morgan fingerprint density at radius 1 is 1.35 bits per heavy atom. The molecule has 2 heterocycles. The summed E-state index contributed by atoms with van der Waals surface area (Å²) in [6.45, 7) is 4.53. The molecule has 3 N–H and O–H groups in total. The molecule has 1 aromatic carbocycles. The Labute approximate surface area is 116 Å². The molecular weight excluding hydrogens is 254 g/mol. The molecule has 0 saturated carbocycles. The van der Waals surface area contributed by atoms with Crippen LogP contribution in [0.25, 0.3) is 16.7 Å². The van der Waals surface area contributed by atoms with Gasteiger partial charge < -0.3 is 10.5 Å². The van der Waals surface area contributed by atoms with Crippen molar-refractivity contribution in [3.8, 4) is 5.69 Å². The van der Waals surface area contributed by atoms with Gasteiger partial charge in [-0.3, -0.25) is 5.10 Å². The molecule has 0 unspecified atom stereocenters. The van der Waals surface area contributed by atoms with Gasteiger partial charge in [-0.1, -0.05) is 17.7 Å². The second-order valence-electron chi connectivity index (χ2n) is 4.92. The number of H-pyrrole nitrogens is 1. The van der Waals surface area contributed by atoms with E-state index in [2.05, 4.69) is 41.3 Å². The first-order valence-electron chi connectivity index (χ1n) is 6.40. The molecule has 2 aromatic heterocycles. The highest BCUT2D eigenvalue weighted by atomic mass is 16.5. The summed E-state index contributed by atoms with van der Waals surface area (Å²) in [6.07, 6.45) is 0. The summed E-state index contributed by atoms with van der Waals surface area (Å²) in [4.78, 5) is 0. The number of ether oxygens (including phenoxy) is 1. The van der Waals surface area contributed by atoms with E-state index in [1.54, 1.807) is 7.11 Å². The van der Waals surface area contributed by atoms with Crippen LogP contribution in [0.15, 0.2) is 18.2 Å². The Kier molecular flexibility index (Phi) is 2.94. The van der Waals surface area contributed by atoms with Crippen molar-refractivity contribution in [1.29, 1.82) is 0 Å². The number of nitrogens with zero attached hydrogens (tertiary/aromatic N) is 3. The maximum Gasteiger partial charge on any atom is 0.186 e. The SMILES string of the molecule is COCc1nn(-c2ccc(C)cc2C)c2n[nH]c(N)c12. The molecule has 0 aliphatic heterocycles. The van der Waals surface area contributed by atoms with Crippen LogP contribution in [-0.4, -0.2) is 27.1 Å². The molecule has 3 aromatic rings. The quantitative estimate of drug-likeness (QED) is 0.764. The van der Waals surface area contributed by atoms with Crippen molar-refractivity contribution in [3.63, 3.8) is 0 Å². The zero-order chi connectivity index (χ0) is 14.3. The minimum Gasteiger partial charge on any atom is -0.383 e. The van der Waals surface area contributed by atoms with Gasteiger partial charge in [0.2, 0.25) is 0 Å². The van der Waals surface area contributed by atoms with Crippen LogP contribution >= 0.6 is 0 Å². The molecule has 6 heteroatoms. The van der Waals surface area contributed by atoms with E-state index < -0.39 is 0 Å². The Hall–Kier alpha value is -2.34. The number of fused-ring (bicyclic) bond motifs is 1. The number of hydrogen-bond donors (Lipinski definition) is 2. The summed E-state index contributed by atoms with van der Waals surface area (Å²) in [5.41, 5.74) is 10.8. The largest absolute Gasteiger partial charge is 0.383 e. The molecule has 0 fully saturated rings. The second-order valence-corrected chi connectivity index (χ2v) is 4.92. The van der Waals surface area contributed by atoms with E-state index in [1.807, 2.05) is 10.7 Å². The normalized spacial score (nSPS) is 11.3. The van der Waals surface area contributed by atoms with Crippen molar-refractivity contribution in [3.05, 3.63) is 35.0 Å². The highest BCUT2D eigenvalue weighted by molar-refractivity contribution is 5.90. The van der Waals surface area contributed by atoms with Gasteiger partial charge in [0.1, 0.15) is 11.5 Å². The van der Waals surface area contributed by atoms with Gasteiger partial charge in [-0.25, -0.2) is 4.68 Å². The predicted molar refractivity (Wildman–Crippen MR) is 77.8 cm³/mol. The van der Waals surface area contributed by atoms with Crippen LogP contribution in [-0.2, 0) is 11.3 Å². The Balaban J connectivity index is 2.25. The fourth-order valence-corrected chi connectivity index (χ4v) is 2.45. The summed E-state index contributed by atoms with van der Waals surface area (Å²) in [7, 11) is 1.64. The summed E-state index contributed by atoms with van der Waals surface area (Å²) < 4.78 is 7.00. The number of nitrogen functional groups attached to an aromatic ring is 1. The lowest BCUT2D eigenvalue weighted by Gasteiger charge is -2.06. The Morgan fingerprint density at radius 2 is 2.15 bits per heavy atom. The number of anilines is 1. The molecule has 3 rings (SSSR count). The van der Waals surface area contributed by atoms with Gasteiger partial charge in [0.25, 0.3) is 0 Å². The van der Waals surface area contributed by atoms with Gasteiger partial charge >= 0.3 is 0 Å². The summed E-state index contributed by atoms with van der Waals surface area (Å²) in [5.74, 6) is 0.517. The highest BCUT2D eigenvalue weighted by Crippen LogP contribution is 2.26. The number of hydrogen-bond acceptors (Lipinski definition) is 4. The number of nitrogens with one attached hydrogen (secondary N) is 1. The Bertz CT molecular complexity index is 771. The standard InChI is InChI=1S/C14H17N5O/c1-8-4-5-11(9(2)6-8)19-14-12(13(15)16-17-14)10(18-19)7-20-3/h4-6H,7H2,1-3H3,(H3,15,16,17). The average molecular weight is 271 g/mol. The van der Waals surface area contributed by atoms with Crippen LogP contribution in [0.1, 0.15) is 16.8 Å². The van der Waals surface area contributed by atoms with Crippen molar-refractivity contribution < 1.29 is 4.74 Å². The number of aromatic amines is 1. The van der Waals surface area contributed by atoms with Crippen LogP contribution in [0.2, 0.25) is 0 Å². The third kappa shape index (κ3) is 1.85. The van der Waals surface area contributed by atoms with E-state index >= 15 is 0 Å². The highest BCUT2D eigenvalue weighted by Gasteiger charge is 2.18. The van der Waals surface area contributed by atoms with Crippen LogP contribution in [0.3, 0.4) is 0 Å². The smallest absolute Gasteiger partial charge is 0.186 e. The van der Waals surface area contributed by atoms with E-state index in [4.69, 9.17) is 10.5 Å². The fraction of sp³-hybridized carbons (Fsp3) is 0.286. The number of methoxy groups -OCH3 is 1. The zero-order valence-electron chi connectivity index (χ0n) is 11.8. The molecule has 0 spiro atoms. The van der Waals surface area contributed by atoms with E-state index in [0.717, 1.165) is 28.0 Å². The summed E-state index contributed by atoms with van der Waals surface area (Å²) >= 11 is 0. The van der Waals surface area contributed by atoms with Crippen molar-refractivity contribution in [2.45, 2.75) is 20.5 Å². The molecule has 104 valence electrons. The molecule has 0 atom stereocenters. The fourth-order valence-electron chi connectivity index (χ4n) is 2.45. The third-order valence-corrected chi connectivity index (χ3v) is 3.35. The van der Waals surface area contributed by atoms with Crippen LogP contribution in [0.5, 0.6) is 0 Å². The van der Waals surface area contributed by atoms with Gasteiger partial charge in [-0.15, -0.1) is 0 Å². The first-order chi connectivity index (χ1) is 9.61. The molecule has 6 nitrogen and oxygen atoms in total. The van der Waals surface area contributed by atoms with Crippen molar-refractivity contribution in [1.82, 2.24) is 20.0 Å². The van der Waals surface area contributed by atoms with E-state index in [0.29, 0.717) is 12.4 Å². The predicted octanol–water partition coefficient (Wildman–Crippen LogP) is 2.09. The third-order valence-electron chi connectivity index (χ3n) is 3.35. The molecule has 20 heavy (non-hydrogen) atoms. The topological polar surface area (TPSA) is 81.8 Å². The van der Waals surface area contributed by atoms with Gasteiger partial charge in [0, 0.05) is 7.11 Å². The minimum atomic E-state index is 0.401. The van der Waals surface area contributed by atoms with Crippen molar-refractivity contribution in [2.24, 2.45) is 0 Å². The number of benzene rings is 1. The van der Waals surface area contributed by atoms with Gasteiger partial charge in [0.15, 0.2) is 5.65 Å². The Morgan fingerprint density at radius 3 is 2.85 bits per heavy atom. The maximum absolute atomic E-state index is 5.93. The van der Waals surface area contributed by atoms with Crippen LogP contribution in [0.4, 0.5) is 5.82 Å². The first-order valence-corrected chi connectivity index (χ1v) is 6.40. The van der Waals surface area contributed by atoms with Crippen LogP contribution in [0, 0.1) is 13.8 Å². The first kappa shape index (κ1) is 12.7. The van der Waals surface area contributed by atoms with E-state index in [1.165, 1.54) is 5.56 Å². The zero-order valence-corrected chi connectivity index (χ0v) is 11.8. The lowest BCUT2D eigenvalue weighted by atomic mass is 10.1. The molecule has 0 aliphatic carbocycles. The van der Waals surface area contributed by atoms with Gasteiger partial charge in [-0.2, -0.15) is 10.2 Å². The molecule has 0 saturated heterocycles. The number of aromatic nitrogens is 4. The molecular formula is C14H17N5O. The summed E-state index contributed by atoms with van der Waals surface area (Å²) in [6, 6.07) is 6.22. The molecule has 0 bridgehead atoms. The van der Waals surface area contributed by atoms with Gasteiger partial charge in [0.05, 0.1) is 17.7 Å². The molecule has 0 aliphatic rings. The minimum absolute atomic E-state index is 0.401. The number of nitrogens with two attached hydrogens (primary N) is 1. The van der Waals surface area contributed by atoms with Crippen molar-refractivity contribution >= 4 is 16.9 Å².